The first-order valence-corrected chi connectivity index (χ1v) is 2.23. The van der Waals surface area contributed by atoms with Gasteiger partial charge < -0.3 is 11.1 Å². The SMILES string of the molecule is NC(=S)NC(=O)CF. The molecule has 0 bridgehead atoms. The van der Waals surface area contributed by atoms with E-state index >= 15 is 0 Å². The lowest BCUT2D eigenvalue weighted by molar-refractivity contribution is -0.120. The lowest BCUT2D eigenvalue weighted by atomic mass is 10.7. The van der Waals surface area contributed by atoms with E-state index < -0.39 is 12.6 Å². The molecule has 0 heterocycles. The summed E-state index contributed by atoms with van der Waals surface area (Å²) in [4.78, 5) is 9.97. The van der Waals surface area contributed by atoms with Gasteiger partial charge in [-0.25, -0.2) is 4.39 Å². The molecular formula is C3H5FN2OS. The Morgan fingerprint density at radius 2 is 2.38 bits per heavy atom. The fraction of sp³-hybridized carbons (Fsp3) is 0.333. The van der Waals surface area contributed by atoms with Crippen LogP contribution in [0.25, 0.3) is 0 Å². The Morgan fingerprint density at radius 1 is 1.88 bits per heavy atom. The molecule has 3 N–H and O–H groups in total. The van der Waals surface area contributed by atoms with Crippen molar-refractivity contribution >= 4 is 23.2 Å². The van der Waals surface area contributed by atoms with Crippen LogP contribution in [-0.4, -0.2) is 17.7 Å². The average molecular weight is 136 g/mol. The van der Waals surface area contributed by atoms with Gasteiger partial charge >= 0.3 is 0 Å². The molecule has 0 saturated carbocycles. The summed E-state index contributed by atoms with van der Waals surface area (Å²) in [6, 6.07) is 0. The maximum absolute atomic E-state index is 11.2. The van der Waals surface area contributed by atoms with Crippen LogP contribution < -0.4 is 11.1 Å². The normalized spacial score (nSPS) is 8.12. The number of carbonyl (C=O) groups excluding carboxylic acids is 1. The molecule has 5 heteroatoms. The van der Waals surface area contributed by atoms with E-state index in [0.29, 0.717) is 0 Å². The Morgan fingerprint density at radius 3 is 2.50 bits per heavy atom. The van der Waals surface area contributed by atoms with Crippen molar-refractivity contribution in [2.24, 2.45) is 5.73 Å². The molecule has 0 aromatic carbocycles. The molecule has 46 valence electrons. The van der Waals surface area contributed by atoms with Gasteiger partial charge in [-0.1, -0.05) is 0 Å². The summed E-state index contributed by atoms with van der Waals surface area (Å²) in [6.07, 6.45) is 0. The highest BCUT2D eigenvalue weighted by atomic mass is 32.1. The van der Waals surface area contributed by atoms with E-state index in [9.17, 15) is 9.18 Å². The summed E-state index contributed by atoms with van der Waals surface area (Å²) >= 11 is 4.22. The van der Waals surface area contributed by atoms with Gasteiger partial charge in [-0.05, 0) is 12.2 Å². The van der Waals surface area contributed by atoms with Gasteiger partial charge in [0.1, 0.15) is 0 Å². The highest BCUT2D eigenvalue weighted by Gasteiger charge is 1.96. The maximum atomic E-state index is 11.2. The molecule has 0 radical (unpaired) electrons. The van der Waals surface area contributed by atoms with Gasteiger partial charge in [0.25, 0.3) is 5.91 Å². The van der Waals surface area contributed by atoms with Crippen molar-refractivity contribution in [1.29, 1.82) is 0 Å². The minimum absolute atomic E-state index is 0.201. The molecule has 3 nitrogen and oxygen atoms in total. The summed E-state index contributed by atoms with van der Waals surface area (Å²) in [7, 11) is 0. The molecule has 0 aliphatic heterocycles. The van der Waals surface area contributed by atoms with Crippen LogP contribution >= 0.6 is 12.2 Å². The third kappa shape index (κ3) is 3.48. The summed E-state index contributed by atoms with van der Waals surface area (Å²) in [5, 5.41) is 1.69. The number of nitrogens with one attached hydrogen (secondary N) is 1. The van der Waals surface area contributed by atoms with Crippen LogP contribution in [0, 0.1) is 0 Å². The number of carbonyl (C=O) groups is 1. The molecule has 0 aromatic rings. The molecule has 0 atom stereocenters. The number of amides is 1. The predicted octanol–water partition coefficient (Wildman–Crippen LogP) is -0.684. The van der Waals surface area contributed by atoms with Crippen molar-refractivity contribution in [3.63, 3.8) is 0 Å². The Balaban J connectivity index is 3.40. The largest absolute Gasteiger partial charge is 0.376 e. The number of alkyl halides is 1. The van der Waals surface area contributed by atoms with E-state index in [1.54, 1.807) is 0 Å². The molecule has 0 rings (SSSR count). The van der Waals surface area contributed by atoms with Gasteiger partial charge in [-0.2, -0.15) is 0 Å². The van der Waals surface area contributed by atoms with E-state index in [2.05, 4.69) is 12.2 Å². The van der Waals surface area contributed by atoms with Crippen molar-refractivity contribution < 1.29 is 9.18 Å². The monoisotopic (exact) mass is 136 g/mol. The summed E-state index contributed by atoms with van der Waals surface area (Å²) in [5.41, 5.74) is 4.80. The fourth-order valence-corrected chi connectivity index (χ4v) is 0.285. The molecule has 0 spiro atoms. The van der Waals surface area contributed by atoms with Crippen LogP contribution in [0.5, 0.6) is 0 Å². The Bertz CT molecular complexity index is 116. The minimum Gasteiger partial charge on any atom is -0.376 e. The van der Waals surface area contributed by atoms with E-state index in [1.165, 1.54) is 0 Å². The summed E-state index contributed by atoms with van der Waals surface area (Å²) in [6.45, 7) is -1.09. The van der Waals surface area contributed by atoms with Crippen LogP contribution in [0.1, 0.15) is 0 Å². The van der Waals surface area contributed by atoms with Crippen molar-refractivity contribution in [3.8, 4) is 0 Å². The Hall–Kier alpha value is -0.710. The maximum Gasteiger partial charge on any atom is 0.257 e. The van der Waals surface area contributed by atoms with E-state index in [1.807, 2.05) is 5.32 Å². The van der Waals surface area contributed by atoms with Gasteiger partial charge in [-0.15, -0.1) is 0 Å². The first-order valence-electron chi connectivity index (χ1n) is 1.82. The van der Waals surface area contributed by atoms with Crippen LogP contribution in [0.4, 0.5) is 4.39 Å². The van der Waals surface area contributed by atoms with Crippen LogP contribution in [0.3, 0.4) is 0 Å². The smallest absolute Gasteiger partial charge is 0.257 e. The van der Waals surface area contributed by atoms with Crippen molar-refractivity contribution in [2.45, 2.75) is 0 Å². The number of halogens is 1. The van der Waals surface area contributed by atoms with Gasteiger partial charge in [0.15, 0.2) is 11.8 Å². The first-order chi connectivity index (χ1) is 3.66. The quantitative estimate of drug-likeness (QED) is 0.469. The van der Waals surface area contributed by atoms with Gasteiger partial charge in [0, 0.05) is 0 Å². The lowest BCUT2D eigenvalue weighted by Gasteiger charge is -1.94. The van der Waals surface area contributed by atoms with Gasteiger partial charge in [0.2, 0.25) is 0 Å². The fourth-order valence-electron chi connectivity index (χ4n) is 0.171. The summed E-state index contributed by atoms with van der Waals surface area (Å²) in [5.74, 6) is -0.808. The van der Waals surface area contributed by atoms with Crippen LogP contribution in [0.2, 0.25) is 0 Å². The molecule has 0 aliphatic carbocycles. The van der Waals surface area contributed by atoms with E-state index in [-0.39, 0.29) is 5.11 Å². The molecule has 1 amide bonds. The number of thiocarbonyl (C=S) groups is 1. The molecule has 8 heavy (non-hydrogen) atoms. The lowest BCUT2D eigenvalue weighted by Crippen LogP contribution is -2.35. The predicted molar refractivity (Wildman–Crippen MR) is 30.9 cm³/mol. The molecule has 0 unspecified atom stereocenters. The number of hydrogen-bond acceptors (Lipinski definition) is 2. The highest BCUT2D eigenvalue weighted by molar-refractivity contribution is 7.80. The molecule has 0 aromatic heterocycles. The molecule has 0 fully saturated rings. The zero-order valence-corrected chi connectivity index (χ0v) is 4.80. The van der Waals surface area contributed by atoms with Gasteiger partial charge in [0.05, 0.1) is 0 Å². The van der Waals surface area contributed by atoms with Gasteiger partial charge in [-0.3, -0.25) is 4.79 Å². The number of rotatable bonds is 1. The molecule has 0 aliphatic rings. The Labute approximate surface area is 51.0 Å². The second-order valence-electron chi connectivity index (χ2n) is 1.05. The second-order valence-corrected chi connectivity index (χ2v) is 1.49. The second kappa shape index (κ2) is 3.31. The third-order valence-electron chi connectivity index (χ3n) is 0.384. The van der Waals surface area contributed by atoms with Crippen molar-refractivity contribution in [3.05, 3.63) is 0 Å². The zero-order chi connectivity index (χ0) is 6.57. The van der Waals surface area contributed by atoms with Crippen molar-refractivity contribution in [1.82, 2.24) is 5.32 Å². The minimum atomic E-state index is -1.09. The highest BCUT2D eigenvalue weighted by Crippen LogP contribution is 1.66. The first kappa shape index (κ1) is 7.29. The molecular weight excluding hydrogens is 131 g/mol. The topological polar surface area (TPSA) is 55.1 Å². The average Bonchev–Trinajstić information content (AvgIpc) is 1.65. The van der Waals surface area contributed by atoms with Crippen molar-refractivity contribution in [2.75, 3.05) is 6.67 Å². The zero-order valence-electron chi connectivity index (χ0n) is 3.98. The van der Waals surface area contributed by atoms with E-state index in [4.69, 9.17) is 5.73 Å². The number of hydrogen-bond donors (Lipinski definition) is 2. The third-order valence-corrected chi connectivity index (χ3v) is 0.486. The summed E-state index contributed by atoms with van der Waals surface area (Å²) < 4.78 is 11.2. The van der Waals surface area contributed by atoms with Crippen LogP contribution in [0.15, 0.2) is 0 Å². The van der Waals surface area contributed by atoms with E-state index in [0.717, 1.165) is 0 Å². The Kier molecular flexibility index (Phi) is 3.02. The van der Waals surface area contributed by atoms with Crippen LogP contribution in [-0.2, 0) is 4.79 Å². The standard InChI is InChI=1S/C3H5FN2OS/c4-1-2(7)6-3(5)8/h1H2,(H3,5,6,7,8). The molecule has 0 saturated heterocycles. The number of nitrogens with two attached hydrogens (primary N) is 1.